The van der Waals surface area contributed by atoms with Crippen molar-refractivity contribution in [3.63, 3.8) is 0 Å². The third-order valence-corrected chi connectivity index (χ3v) is 5.35. The molecule has 1 amide bonds. The largest absolute Gasteiger partial charge is 0.381 e. The van der Waals surface area contributed by atoms with Gasteiger partial charge in [0.2, 0.25) is 5.91 Å². The summed E-state index contributed by atoms with van der Waals surface area (Å²) in [5, 5.41) is 3.27. The smallest absolute Gasteiger partial charge is 0.231 e. The molecule has 3 heteroatoms. The van der Waals surface area contributed by atoms with Gasteiger partial charge in [0.25, 0.3) is 0 Å². The number of aryl methyl sites for hydroxylation is 2. The standard InChI is InChI=1S/C22H27NO2/c1-16-9-10-20(17(2)15-16)18(3)23-21(24)22(11-13-25-14-12-22)19-7-5-4-6-8-19/h4-10,15,18H,11-14H2,1-3H3,(H,23,24). The van der Waals surface area contributed by atoms with Crippen LogP contribution in [-0.4, -0.2) is 19.1 Å². The van der Waals surface area contributed by atoms with Crippen molar-refractivity contribution in [3.8, 4) is 0 Å². The molecule has 0 spiro atoms. The number of hydrogen-bond acceptors (Lipinski definition) is 2. The number of ether oxygens (including phenoxy) is 1. The van der Waals surface area contributed by atoms with E-state index in [-0.39, 0.29) is 11.9 Å². The Morgan fingerprint density at radius 2 is 1.76 bits per heavy atom. The van der Waals surface area contributed by atoms with Gasteiger partial charge < -0.3 is 10.1 Å². The molecule has 1 aliphatic heterocycles. The highest BCUT2D eigenvalue weighted by molar-refractivity contribution is 5.88. The predicted molar refractivity (Wildman–Crippen MR) is 101 cm³/mol. The lowest BCUT2D eigenvalue weighted by Gasteiger charge is -2.37. The van der Waals surface area contributed by atoms with Crippen LogP contribution in [0, 0.1) is 13.8 Å². The molecule has 2 aromatic carbocycles. The molecule has 1 N–H and O–H groups in total. The maximum atomic E-state index is 13.3. The van der Waals surface area contributed by atoms with Crippen LogP contribution in [0.1, 0.15) is 48.1 Å². The van der Waals surface area contributed by atoms with Crippen LogP contribution in [-0.2, 0) is 14.9 Å². The Bertz CT molecular complexity index is 733. The fraction of sp³-hybridized carbons (Fsp3) is 0.409. The molecule has 1 heterocycles. The van der Waals surface area contributed by atoms with Crippen molar-refractivity contribution < 1.29 is 9.53 Å². The van der Waals surface area contributed by atoms with Gasteiger partial charge in [0.05, 0.1) is 11.5 Å². The molecular formula is C22H27NO2. The number of nitrogens with one attached hydrogen (secondary N) is 1. The molecule has 1 unspecified atom stereocenters. The van der Waals surface area contributed by atoms with Crippen LogP contribution in [0.5, 0.6) is 0 Å². The third kappa shape index (κ3) is 3.62. The fourth-order valence-electron chi connectivity index (χ4n) is 3.85. The fourth-order valence-corrected chi connectivity index (χ4v) is 3.85. The van der Waals surface area contributed by atoms with Crippen LogP contribution in [0.2, 0.25) is 0 Å². The SMILES string of the molecule is Cc1ccc(C(C)NC(=O)C2(c3ccccc3)CCOCC2)c(C)c1. The minimum Gasteiger partial charge on any atom is -0.381 e. The van der Waals surface area contributed by atoms with Gasteiger partial charge in [0.15, 0.2) is 0 Å². The zero-order valence-corrected chi connectivity index (χ0v) is 15.3. The monoisotopic (exact) mass is 337 g/mol. The minimum atomic E-state index is -0.494. The molecule has 0 saturated carbocycles. The van der Waals surface area contributed by atoms with Crippen LogP contribution < -0.4 is 5.32 Å². The average Bonchev–Trinajstić information content (AvgIpc) is 2.62. The highest BCUT2D eigenvalue weighted by atomic mass is 16.5. The summed E-state index contributed by atoms with van der Waals surface area (Å²) in [4.78, 5) is 13.3. The molecule has 1 fully saturated rings. The molecule has 0 aromatic heterocycles. The lowest BCUT2D eigenvalue weighted by molar-refractivity contribution is -0.131. The third-order valence-electron chi connectivity index (χ3n) is 5.35. The number of benzene rings is 2. The summed E-state index contributed by atoms with van der Waals surface area (Å²) in [7, 11) is 0. The summed E-state index contributed by atoms with van der Waals surface area (Å²) in [5.41, 5.74) is 4.23. The van der Waals surface area contributed by atoms with E-state index in [1.165, 1.54) is 16.7 Å². The van der Waals surface area contributed by atoms with Gasteiger partial charge >= 0.3 is 0 Å². The molecule has 132 valence electrons. The molecule has 2 aromatic rings. The van der Waals surface area contributed by atoms with E-state index in [9.17, 15) is 4.79 Å². The van der Waals surface area contributed by atoms with Crippen molar-refractivity contribution in [2.45, 2.75) is 45.1 Å². The molecule has 0 radical (unpaired) electrons. The number of carbonyl (C=O) groups excluding carboxylic acids is 1. The Morgan fingerprint density at radius 3 is 2.40 bits per heavy atom. The van der Waals surface area contributed by atoms with Crippen LogP contribution in [0.25, 0.3) is 0 Å². The maximum absolute atomic E-state index is 13.3. The Morgan fingerprint density at radius 1 is 1.08 bits per heavy atom. The van der Waals surface area contributed by atoms with E-state index in [1.807, 2.05) is 18.2 Å². The van der Waals surface area contributed by atoms with Gasteiger partial charge in [-0.05, 0) is 50.3 Å². The second-order valence-corrected chi connectivity index (χ2v) is 7.12. The molecule has 1 aliphatic rings. The number of carbonyl (C=O) groups is 1. The Hall–Kier alpha value is -2.13. The van der Waals surface area contributed by atoms with Crippen molar-refractivity contribution >= 4 is 5.91 Å². The lowest BCUT2D eigenvalue weighted by Crippen LogP contribution is -2.48. The van der Waals surface area contributed by atoms with Crippen molar-refractivity contribution in [2.75, 3.05) is 13.2 Å². The predicted octanol–water partition coefficient (Wildman–Crippen LogP) is 4.23. The topological polar surface area (TPSA) is 38.3 Å². The van der Waals surface area contributed by atoms with Gasteiger partial charge in [-0.15, -0.1) is 0 Å². The van der Waals surface area contributed by atoms with Crippen LogP contribution >= 0.6 is 0 Å². The Labute approximate surface area is 150 Å². The Balaban J connectivity index is 1.86. The lowest BCUT2D eigenvalue weighted by atomic mass is 9.73. The van der Waals surface area contributed by atoms with Gasteiger partial charge in [0, 0.05) is 13.2 Å². The number of hydrogen-bond donors (Lipinski definition) is 1. The first-order valence-electron chi connectivity index (χ1n) is 9.04. The van der Waals surface area contributed by atoms with E-state index in [0.717, 1.165) is 18.4 Å². The highest BCUT2D eigenvalue weighted by Gasteiger charge is 2.42. The molecule has 0 aliphatic carbocycles. The second-order valence-electron chi connectivity index (χ2n) is 7.12. The quantitative estimate of drug-likeness (QED) is 0.907. The van der Waals surface area contributed by atoms with Gasteiger partial charge in [-0.2, -0.15) is 0 Å². The van der Waals surface area contributed by atoms with E-state index in [1.54, 1.807) is 0 Å². The first-order valence-corrected chi connectivity index (χ1v) is 9.04. The molecule has 25 heavy (non-hydrogen) atoms. The zero-order valence-electron chi connectivity index (χ0n) is 15.3. The van der Waals surface area contributed by atoms with Gasteiger partial charge in [0.1, 0.15) is 0 Å². The molecule has 3 rings (SSSR count). The molecular weight excluding hydrogens is 310 g/mol. The normalized spacial score (nSPS) is 17.7. The first-order chi connectivity index (χ1) is 12.0. The van der Waals surface area contributed by atoms with E-state index < -0.39 is 5.41 Å². The summed E-state index contributed by atoms with van der Waals surface area (Å²) >= 11 is 0. The van der Waals surface area contributed by atoms with Gasteiger partial charge in [-0.1, -0.05) is 54.1 Å². The van der Waals surface area contributed by atoms with E-state index in [2.05, 4.69) is 56.4 Å². The van der Waals surface area contributed by atoms with Gasteiger partial charge in [-0.25, -0.2) is 0 Å². The van der Waals surface area contributed by atoms with Crippen LogP contribution in [0.15, 0.2) is 48.5 Å². The summed E-state index contributed by atoms with van der Waals surface area (Å²) in [6.07, 6.45) is 1.45. The zero-order chi connectivity index (χ0) is 17.9. The van der Waals surface area contributed by atoms with Crippen LogP contribution in [0.3, 0.4) is 0 Å². The Kier molecular flexibility index (Phi) is 5.24. The number of amides is 1. The van der Waals surface area contributed by atoms with Crippen molar-refractivity contribution in [2.24, 2.45) is 0 Å². The van der Waals surface area contributed by atoms with Crippen molar-refractivity contribution in [3.05, 3.63) is 70.8 Å². The second kappa shape index (κ2) is 7.40. The van der Waals surface area contributed by atoms with Crippen LogP contribution in [0.4, 0.5) is 0 Å². The highest BCUT2D eigenvalue weighted by Crippen LogP contribution is 2.36. The number of rotatable bonds is 4. The summed E-state index contributed by atoms with van der Waals surface area (Å²) in [6.45, 7) is 7.51. The van der Waals surface area contributed by atoms with Crippen molar-refractivity contribution in [1.82, 2.24) is 5.32 Å². The summed E-state index contributed by atoms with van der Waals surface area (Å²) in [6, 6.07) is 16.5. The van der Waals surface area contributed by atoms with E-state index >= 15 is 0 Å². The molecule has 1 saturated heterocycles. The summed E-state index contributed by atoms with van der Waals surface area (Å²) < 4.78 is 5.54. The molecule has 0 bridgehead atoms. The summed E-state index contributed by atoms with van der Waals surface area (Å²) in [5.74, 6) is 0.106. The molecule has 3 nitrogen and oxygen atoms in total. The first kappa shape index (κ1) is 17.7. The van der Waals surface area contributed by atoms with E-state index in [4.69, 9.17) is 4.74 Å². The van der Waals surface area contributed by atoms with Gasteiger partial charge in [-0.3, -0.25) is 4.79 Å². The van der Waals surface area contributed by atoms with E-state index in [0.29, 0.717) is 13.2 Å². The van der Waals surface area contributed by atoms with Crippen molar-refractivity contribution in [1.29, 1.82) is 0 Å². The minimum absolute atomic E-state index is 0.0171. The maximum Gasteiger partial charge on any atom is 0.231 e. The molecule has 1 atom stereocenters. The average molecular weight is 337 g/mol.